The Morgan fingerprint density at radius 1 is 1.33 bits per heavy atom. The number of nitrogens with one attached hydrogen (secondary N) is 3. The quantitative estimate of drug-likeness (QED) is 0.299. The van der Waals surface area contributed by atoms with Crippen molar-refractivity contribution in [3.63, 3.8) is 0 Å². The second-order valence-electron chi connectivity index (χ2n) is 7.87. The van der Waals surface area contributed by atoms with E-state index in [2.05, 4.69) is 30.8 Å². The van der Waals surface area contributed by atoms with Gasteiger partial charge in [0.15, 0.2) is 5.82 Å². The van der Waals surface area contributed by atoms with Gasteiger partial charge in [0.2, 0.25) is 5.82 Å². The Bertz CT molecular complexity index is 1450. The van der Waals surface area contributed by atoms with Gasteiger partial charge in [-0.2, -0.15) is 8.78 Å². The topological polar surface area (TPSA) is 122 Å². The highest BCUT2D eigenvalue weighted by Crippen LogP contribution is 2.41. The van der Waals surface area contributed by atoms with Gasteiger partial charge >= 0.3 is 5.92 Å². The summed E-state index contributed by atoms with van der Waals surface area (Å²) in [6.45, 7) is -0.839. The van der Waals surface area contributed by atoms with Crippen LogP contribution in [0.2, 0.25) is 5.02 Å². The number of rotatable bonds is 8. The highest BCUT2D eigenvalue weighted by atomic mass is 35.5. The van der Waals surface area contributed by atoms with Crippen molar-refractivity contribution in [3.05, 3.63) is 65.6 Å². The number of oxazole rings is 1. The van der Waals surface area contributed by atoms with Gasteiger partial charge in [0.1, 0.15) is 24.6 Å². The summed E-state index contributed by atoms with van der Waals surface area (Å²) in [6, 6.07) is 2.46. The highest BCUT2D eigenvalue weighted by molar-refractivity contribution is 6.33. The largest absolute Gasteiger partial charge is 0.443 e. The number of aromatic nitrogens is 6. The maximum absolute atomic E-state index is 15.1. The number of pyridine rings is 1. The van der Waals surface area contributed by atoms with Crippen molar-refractivity contribution in [2.45, 2.75) is 18.5 Å². The molecular weight excluding hydrogens is 499 g/mol. The molecule has 5 rings (SSSR count). The van der Waals surface area contributed by atoms with Crippen LogP contribution < -0.4 is 10.6 Å². The first-order chi connectivity index (χ1) is 17.4. The van der Waals surface area contributed by atoms with E-state index < -0.39 is 30.4 Å². The van der Waals surface area contributed by atoms with Crippen LogP contribution in [0.5, 0.6) is 0 Å². The van der Waals surface area contributed by atoms with Gasteiger partial charge in [-0.15, -0.1) is 10.2 Å². The van der Waals surface area contributed by atoms with Crippen molar-refractivity contribution < 1.29 is 17.6 Å². The number of hydrogen-bond donors (Lipinski definition) is 3. The van der Waals surface area contributed by atoms with E-state index in [1.807, 2.05) is 0 Å². The maximum atomic E-state index is 15.1. The van der Waals surface area contributed by atoms with E-state index in [0.717, 1.165) is 23.2 Å². The molecule has 14 heteroatoms. The first kappa shape index (κ1) is 23.6. The van der Waals surface area contributed by atoms with Crippen molar-refractivity contribution in [1.82, 2.24) is 34.6 Å². The van der Waals surface area contributed by atoms with E-state index in [1.54, 1.807) is 29.9 Å². The summed E-state index contributed by atoms with van der Waals surface area (Å²) in [7, 11) is 1.69. The van der Waals surface area contributed by atoms with Gasteiger partial charge in [-0.05, 0) is 18.2 Å². The van der Waals surface area contributed by atoms with Gasteiger partial charge in [-0.3, -0.25) is 4.57 Å². The van der Waals surface area contributed by atoms with Gasteiger partial charge in [-0.25, -0.2) is 14.4 Å². The molecule has 1 aliphatic heterocycles. The van der Waals surface area contributed by atoms with E-state index in [9.17, 15) is 4.39 Å². The molecule has 0 amide bonds. The second-order valence-corrected chi connectivity index (χ2v) is 8.28. The van der Waals surface area contributed by atoms with Crippen molar-refractivity contribution >= 4 is 23.6 Å². The molecule has 36 heavy (non-hydrogen) atoms. The minimum absolute atomic E-state index is 0.0747. The van der Waals surface area contributed by atoms with E-state index in [1.165, 1.54) is 12.3 Å². The molecule has 0 saturated carbocycles. The smallest absolute Gasteiger partial charge is 0.380 e. The van der Waals surface area contributed by atoms with Crippen LogP contribution in [0.15, 0.2) is 53.3 Å². The van der Waals surface area contributed by atoms with Crippen molar-refractivity contribution in [1.29, 1.82) is 5.41 Å². The fourth-order valence-corrected chi connectivity index (χ4v) is 4.27. The molecule has 3 N–H and O–H groups in total. The fraction of sp³-hybridized carbons (Fsp3) is 0.227. The Labute approximate surface area is 207 Å². The van der Waals surface area contributed by atoms with E-state index in [4.69, 9.17) is 21.4 Å². The number of fused-ring (bicyclic) bond motifs is 3. The summed E-state index contributed by atoms with van der Waals surface area (Å²) < 4.78 is 51.9. The van der Waals surface area contributed by atoms with Gasteiger partial charge < -0.3 is 25.0 Å². The van der Waals surface area contributed by atoms with Crippen molar-refractivity contribution in [2.24, 2.45) is 0 Å². The molecule has 4 aromatic rings. The van der Waals surface area contributed by atoms with E-state index in [0.29, 0.717) is 33.5 Å². The van der Waals surface area contributed by atoms with Crippen LogP contribution in [0.1, 0.15) is 17.8 Å². The first-order valence-corrected chi connectivity index (χ1v) is 11.1. The lowest BCUT2D eigenvalue weighted by Gasteiger charge is -2.27. The lowest BCUT2D eigenvalue weighted by Crippen LogP contribution is -2.30. The number of alkyl halides is 3. The van der Waals surface area contributed by atoms with E-state index >= 15 is 8.78 Å². The zero-order chi connectivity index (χ0) is 25.4. The third-order valence-corrected chi connectivity index (χ3v) is 6.00. The summed E-state index contributed by atoms with van der Waals surface area (Å²) in [5.74, 6) is -4.21. The highest BCUT2D eigenvalue weighted by Gasteiger charge is 2.47. The van der Waals surface area contributed by atoms with E-state index in [-0.39, 0.29) is 12.4 Å². The molecule has 186 valence electrons. The molecule has 0 radical (unpaired) electrons. The fourth-order valence-electron chi connectivity index (χ4n) is 4.06. The van der Waals surface area contributed by atoms with Gasteiger partial charge in [0.25, 0.3) is 5.89 Å². The molecule has 10 nitrogen and oxygen atoms in total. The summed E-state index contributed by atoms with van der Waals surface area (Å²) in [5, 5.41) is 21.2. The summed E-state index contributed by atoms with van der Waals surface area (Å²) in [5.41, 5.74) is 1.73. The lowest BCUT2D eigenvalue weighted by molar-refractivity contribution is -0.00192. The SMILES string of the molecule is CN/C(=C\C=N)Nc1cc(-c2cc3n(c2)C[C@H](CF)n2c-3nnc2C(F)(F)c2ncco2)c(Cl)cn1. The zero-order valence-electron chi connectivity index (χ0n) is 18.7. The molecule has 0 unspecified atom stereocenters. The van der Waals surface area contributed by atoms with Crippen molar-refractivity contribution in [2.75, 3.05) is 19.0 Å². The molecule has 5 heterocycles. The Morgan fingerprint density at radius 2 is 2.17 bits per heavy atom. The standard InChI is InChI=1S/C22H19ClF3N9O/c1-28-17(2-3-27)31-18-7-14(15(23)9-30-18)12-6-16-19-32-33-20(22(25,26)21-29-4-5-36-21)35(19)13(8-24)11-34(16)10-12/h2-7,9-10,13,27-28H,8,11H2,1H3,(H,30,31)/b17-2+,27-3?/t13-/m0/s1. The zero-order valence-corrected chi connectivity index (χ0v) is 19.5. The maximum Gasteiger partial charge on any atom is 0.380 e. The van der Waals surface area contributed by atoms with Crippen LogP contribution in [-0.4, -0.2) is 49.2 Å². The summed E-state index contributed by atoms with van der Waals surface area (Å²) >= 11 is 6.43. The Morgan fingerprint density at radius 3 is 2.86 bits per heavy atom. The molecule has 4 aromatic heterocycles. The second kappa shape index (κ2) is 9.15. The van der Waals surface area contributed by atoms with Crippen LogP contribution in [0.4, 0.5) is 19.0 Å². The van der Waals surface area contributed by atoms with Crippen LogP contribution in [-0.2, 0) is 12.5 Å². The Hall–Kier alpha value is -4.13. The van der Waals surface area contributed by atoms with Gasteiger partial charge in [0.05, 0.1) is 23.0 Å². The minimum atomic E-state index is -3.70. The summed E-state index contributed by atoms with van der Waals surface area (Å²) in [4.78, 5) is 7.80. The van der Waals surface area contributed by atoms with Crippen molar-refractivity contribution in [3.8, 4) is 22.6 Å². The predicted octanol–water partition coefficient (Wildman–Crippen LogP) is 4.24. The minimum Gasteiger partial charge on any atom is -0.443 e. The van der Waals surface area contributed by atoms with Crippen LogP contribution in [0.3, 0.4) is 0 Å². The molecule has 1 atom stereocenters. The average Bonchev–Trinajstić information content (AvgIpc) is 3.63. The number of nitrogens with zero attached hydrogens (tertiary/aromatic N) is 6. The Balaban J connectivity index is 1.57. The molecule has 0 spiro atoms. The normalized spacial score (nSPS) is 15.4. The molecule has 0 saturated heterocycles. The monoisotopic (exact) mass is 517 g/mol. The number of hydrogen-bond acceptors (Lipinski definition) is 8. The summed E-state index contributed by atoms with van der Waals surface area (Å²) in [6.07, 6.45) is 7.98. The number of anilines is 1. The average molecular weight is 518 g/mol. The van der Waals surface area contributed by atoms with Gasteiger partial charge in [0, 0.05) is 43.3 Å². The molecule has 0 fully saturated rings. The lowest BCUT2D eigenvalue weighted by atomic mass is 10.1. The Kier molecular flexibility index (Phi) is 6.00. The van der Waals surface area contributed by atoms with Crippen LogP contribution in [0.25, 0.3) is 22.6 Å². The van der Waals surface area contributed by atoms with Crippen LogP contribution >= 0.6 is 11.6 Å². The molecule has 1 aliphatic rings. The molecule has 0 aromatic carbocycles. The van der Waals surface area contributed by atoms with Crippen LogP contribution in [0, 0.1) is 5.41 Å². The predicted molar refractivity (Wildman–Crippen MR) is 126 cm³/mol. The third-order valence-electron chi connectivity index (χ3n) is 5.70. The molecule has 0 aliphatic carbocycles. The van der Waals surface area contributed by atoms with Gasteiger partial charge in [-0.1, -0.05) is 11.6 Å². The number of halogens is 4. The molecular formula is C22H19ClF3N9O. The third kappa shape index (κ3) is 3.90. The number of allylic oxidation sites excluding steroid dienone is 1. The molecule has 0 bridgehead atoms. The first-order valence-electron chi connectivity index (χ1n) is 10.7.